The van der Waals surface area contributed by atoms with E-state index in [1.807, 2.05) is 6.07 Å². The Kier molecular flexibility index (Phi) is 4.19. The molecule has 0 radical (unpaired) electrons. The Morgan fingerprint density at radius 3 is 2.91 bits per heavy atom. The zero-order chi connectivity index (χ0) is 16.2. The molecule has 8 nitrogen and oxygen atoms in total. The number of hydrogen-bond acceptors (Lipinski definition) is 6. The molecular formula is C15H17N7O. The Hall–Kier alpha value is -2.95. The maximum Gasteiger partial charge on any atom is 0.261 e. The number of nitrogens with zero attached hydrogens (tertiary/aromatic N) is 5. The molecule has 3 heterocycles. The van der Waals surface area contributed by atoms with Crippen molar-refractivity contribution in [1.29, 1.82) is 5.26 Å². The van der Waals surface area contributed by atoms with E-state index >= 15 is 0 Å². The minimum absolute atomic E-state index is 0.183. The third-order valence-electron chi connectivity index (χ3n) is 4.03. The van der Waals surface area contributed by atoms with Crippen molar-refractivity contribution in [2.75, 3.05) is 25.0 Å². The molecule has 0 unspecified atom stereocenters. The molecule has 0 saturated carbocycles. The number of aromatic nitrogens is 4. The van der Waals surface area contributed by atoms with E-state index in [9.17, 15) is 4.79 Å². The molecule has 118 valence electrons. The molecule has 0 aliphatic carbocycles. The van der Waals surface area contributed by atoms with Crippen molar-refractivity contribution in [3.05, 3.63) is 24.3 Å². The molecule has 1 fully saturated rings. The van der Waals surface area contributed by atoms with Gasteiger partial charge in [-0.3, -0.25) is 4.79 Å². The Morgan fingerprint density at radius 1 is 1.43 bits per heavy atom. The van der Waals surface area contributed by atoms with Crippen LogP contribution >= 0.6 is 0 Å². The maximum atomic E-state index is 11.6. The highest BCUT2D eigenvalue weighted by Crippen LogP contribution is 2.26. The number of likely N-dealkylation sites (N-methyl/N-ethyl adjacent to an activating group) is 1. The Morgan fingerprint density at radius 2 is 2.22 bits per heavy atom. The highest BCUT2D eigenvalue weighted by molar-refractivity contribution is 5.97. The second kappa shape index (κ2) is 6.44. The van der Waals surface area contributed by atoms with Gasteiger partial charge in [0.2, 0.25) is 0 Å². The number of carbonyl (C=O) groups is 1. The first kappa shape index (κ1) is 15.0. The number of fused-ring (bicyclic) bond motifs is 1. The summed E-state index contributed by atoms with van der Waals surface area (Å²) in [5.41, 5.74) is 1.68. The lowest BCUT2D eigenvalue weighted by Crippen LogP contribution is -2.34. The van der Waals surface area contributed by atoms with Gasteiger partial charge in [0.15, 0.2) is 11.5 Å². The summed E-state index contributed by atoms with van der Waals surface area (Å²) < 4.78 is 0. The molecule has 1 aliphatic heterocycles. The Bertz CT molecular complexity index is 780. The van der Waals surface area contributed by atoms with E-state index in [-0.39, 0.29) is 17.4 Å². The van der Waals surface area contributed by atoms with Crippen molar-refractivity contribution in [2.24, 2.45) is 5.92 Å². The first-order chi connectivity index (χ1) is 11.2. The fraction of sp³-hybridized carbons (Fsp3) is 0.400. The molecular weight excluding hydrogens is 294 g/mol. The van der Waals surface area contributed by atoms with E-state index in [0.717, 1.165) is 42.9 Å². The van der Waals surface area contributed by atoms with Gasteiger partial charge in [0, 0.05) is 20.1 Å². The van der Waals surface area contributed by atoms with Gasteiger partial charge in [0.05, 0.1) is 6.33 Å². The van der Waals surface area contributed by atoms with Crippen LogP contribution in [0.3, 0.4) is 0 Å². The first-order valence-corrected chi connectivity index (χ1v) is 7.46. The summed E-state index contributed by atoms with van der Waals surface area (Å²) in [4.78, 5) is 29.5. The fourth-order valence-electron chi connectivity index (χ4n) is 2.80. The van der Waals surface area contributed by atoms with Gasteiger partial charge >= 0.3 is 0 Å². The lowest BCUT2D eigenvalue weighted by atomic mass is 9.94. The molecule has 1 aliphatic rings. The van der Waals surface area contributed by atoms with E-state index in [1.165, 1.54) is 13.4 Å². The molecule has 3 rings (SSSR count). The highest BCUT2D eigenvalue weighted by Gasteiger charge is 2.22. The summed E-state index contributed by atoms with van der Waals surface area (Å²) in [6.45, 7) is 1.60. The lowest BCUT2D eigenvalue weighted by Gasteiger charge is -2.31. The average Bonchev–Trinajstić information content (AvgIpc) is 3.08. The van der Waals surface area contributed by atoms with Crippen molar-refractivity contribution in [2.45, 2.75) is 12.8 Å². The number of amides is 1. The smallest absolute Gasteiger partial charge is 0.261 e. The van der Waals surface area contributed by atoms with Gasteiger partial charge in [-0.05, 0) is 18.8 Å². The number of nitriles is 1. The lowest BCUT2D eigenvalue weighted by molar-refractivity contribution is -0.116. The number of rotatable bonds is 3. The van der Waals surface area contributed by atoms with Crippen LogP contribution in [0.2, 0.25) is 0 Å². The second-order valence-corrected chi connectivity index (χ2v) is 5.39. The molecule has 2 N–H and O–H groups in total. The molecule has 1 saturated heterocycles. The van der Waals surface area contributed by atoms with Crippen molar-refractivity contribution >= 4 is 22.9 Å². The normalized spacial score (nSPS) is 16.3. The number of H-pyrrole nitrogens is 1. The van der Waals surface area contributed by atoms with Crippen LogP contribution in [-0.4, -0.2) is 46.0 Å². The van der Waals surface area contributed by atoms with Gasteiger partial charge in [-0.25, -0.2) is 15.0 Å². The summed E-state index contributed by atoms with van der Waals surface area (Å²) in [6.07, 6.45) is 6.64. The predicted molar refractivity (Wildman–Crippen MR) is 84.4 cm³/mol. The third-order valence-corrected chi connectivity index (χ3v) is 4.03. The van der Waals surface area contributed by atoms with E-state index in [0.29, 0.717) is 0 Å². The fourth-order valence-corrected chi connectivity index (χ4v) is 2.80. The molecule has 1 amide bonds. The van der Waals surface area contributed by atoms with Crippen LogP contribution in [0, 0.1) is 17.2 Å². The Balaban J connectivity index is 1.72. The number of aromatic amines is 1. The van der Waals surface area contributed by atoms with Gasteiger partial charge < -0.3 is 15.2 Å². The maximum absolute atomic E-state index is 11.6. The second-order valence-electron chi connectivity index (χ2n) is 5.39. The highest BCUT2D eigenvalue weighted by atomic mass is 16.1. The minimum Gasteiger partial charge on any atom is -0.355 e. The van der Waals surface area contributed by atoms with Gasteiger partial charge in [-0.1, -0.05) is 6.08 Å². The number of nitrogens with one attached hydrogen (secondary N) is 2. The van der Waals surface area contributed by atoms with Gasteiger partial charge in [0.25, 0.3) is 5.91 Å². The standard InChI is InChI=1S/C15H17N7O/c1-17-15(23)11(7-16)6-10-2-4-22(5-3-10)14-12-13(19-8-18-12)20-9-21-14/h6,8-10H,2-5H2,1H3,(H,17,23)(H,18,19,20,21)/b11-6+. The molecule has 0 atom stereocenters. The molecule has 0 spiro atoms. The van der Waals surface area contributed by atoms with Crippen LogP contribution in [0.5, 0.6) is 0 Å². The number of allylic oxidation sites excluding steroid dienone is 1. The van der Waals surface area contributed by atoms with Crippen LogP contribution in [0.1, 0.15) is 12.8 Å². The molecule has 23 heavy (non-hydrogen) atoms. The molecule has 2 aromatic rings. The largest absolute Gasteiger partial charge is 0.355 e. The van der Waals surface area contributed by atoms with Crippen molar-refractivity contribution < 1.29 is 4.79 Å². The monoisotopic (exact) mass is 311 g/mol. The van der Waals surface area contributed by atoms with Crippen molar-refractivity contribution in [3.8, 4) is 6.07 Å². The Labute approximate surface area is 133 Å². The number of carbonyl (C=O) groups excluding carboxylic acids is 1. The summed E-state index contributed by atoms with van der Waals surface area (Å²) in [6, 6.07) is 1.96. The summed E-state index contributed by atoms with van der Waals surface area (Å²) >= 11 is 0. The van der Waals surface area contributed by atoms with Crippen LogP contribution in [-0.2, 0) is 4.79 Å². The molecule has 8 heteroatoms. The predicted octanol–water partition coefficient (Wildman–Crippen LogP) is 0.765. The number of piperidine rings is 1. The van der Waals surface area contributed by atoms with Crippen LogP contribution in [0.15, 0.2) is 24.3 Å². The van der Waals surface area contributed by atoms with E-state index in [1.54, 1.807) is 12.4 Å². The number of hydrogen-bond donors (Lipinski definition) is 2. The van der Waals surface area contributed by atoms with Gasteiger partial charge in [-0.2, -0.15) is 5.26 Å². The van der Waals surface area contributed by atoms with Crippen LogP contribution in [0.25, 0.3) is 11.2 Å². The van der Waals surface area contributed by atoms with Crippen molar-refractivity contribution in [3.63, 3.8) is 0 Å². The van der Waals surface area contributed by atoms with E-state index in [4.69, 9.17) is 5.26 Å². The topological polar surface area (TPSA) is 111 Å². The van der Waals surface area contributed by atoms with Crippen LogP contribution in [0.4, 0.5) is 5.82 Å². The zero-order valence-electron chi connectivity index (χ0n) is 12.8. The van der Waals surface area contributed by atoms with Crippen LogP contribution < -0.4 is 10.2 Å². The SMILES string of the molecule is CNC(=O)/C(C#N)=C/C1CCN(c2ncnc3[nH]cnc23)CC1. The average molecular weight is 311 g/mol. The summed E-state index contributed by atoms with van der Waals surface area (Å²) in [5, 5.41) is 11.6. The quantitative estimate of drug-likeness (QED) is 0.639. The summed E-state index contributed by atoms with van der Waals surface area (Å²) in [7, 11) is 1.53. The molecule has 0 bridgehead atoms. The third kappa shape index (κ3) is 2.99. The van der Waals surface area contributed by atoms with Gasteiger partial charge in [-0.15, -0.1) is 0 Å². The zero-order valence-corrected chi connectivity index (χ0v) is 12.8. The number of imidazole rings is 1. The molecule has 2 aromatic heterocycles. The van der Waals surface area contributed by atoms with Crippen molar-refractivity contribution in [1.82, 2.24) is 25.3 Å². The minimum atomic E-state index is -0.330. The number of anilines is 1. The van der Waals surface area contributed by atoms with E-state index < -0.39 is 0 Å². The first-order valence-electron chi connectivity index (χ1n) is 7.46. The van der Waals surface area contributed by atoms with Gasteiger partial charge in [0.1, 0.15) is 23.5 Å². The molecule has 0 aromatic carbocycles. The van der Waals surface area contributed by atoms with E-state index in [2.05, 4.69) is 30.2 Å². The summed E-state index contributed by atoms with van der Waals surface area (Å²) in [5.74, 6) is 0.712.